The van der Waals surface area contributed by atoms with Gasteiger partial charge in [0.05, 0.1) is 17.9 Å². The van der Waals surface area contributed by atoms with Gasteiger partial charge in [-0.3, -0.25) is 0 Å². The molecule has 0 heterocycles. The van der Waals surface area contributed by atoms with Crippen molar-refractivity contribution in [1.29, 1.82) is 0 Å². The van der Waals surface area contributed by atoms with E-state index in [1.54, 1.807) is 13.0 Å². The van der Waals surface area contributed by atoms with E-state index in [1.807, 2.05) is 0 Å². The normalized spacial score (nSPS) is 13.2. The van der Waals surface area contributed by atoms with Crippen LogP contribution in [0.1, 0.15) is 22.8 Å². The molecule has 1 aromatic rings. The summed E-state index contributed by atoms with van der Waals surface area (Å²) < 4.78 is 31.0. The summed E-state index contributed by atoms with van der Waals surface area (Å²) >= 11 is 0. The number of carboxylic acids is 1. The van der Waals surface area contributed by atoms with Gasteiger partial charge in [0.1, 0.15) is 0 Å². The zero-order valence-electron chi connectivity index (χ0n) is 10.8. The summed E-state index contributed by atoms with van der Waals surface area (Å²) in [7, 11) is -2.03. The number of hydrogen-bond donors (Lipinski definition) is 2. The van der Waals surface area contributed by atoms with Crippen LogP contribution >= 0.6 is 0 Å². The summed E-state index contributed by atoms with van der Waals surface area (Å²) in [5.41, 5.74) is 0.495. The molecule has 0 saturated carbocycles. The molecule has 0 fully saturated rings. The van der Waals surface area contributed by atoms with Crippen molar-refractivity contribution in [3.63, 3.8) is 0 Å². The SMILES string of the molecule is COCC(C)NS(=O)(=O)Cc1cccc(C(=O)O)c1. The Balaban J connectivity index is 2.78. The lowest BCUT2D eigenvalue weighted by molar-refractivity contribution is 0.0696. The minimum Gasteiger partial charge on any atom is -0.478 e. The van der Waals surface area contributed by atoms with Crippen LogP contribution in [-0.4, -0.2) is 39.3 Å². The number of benzene rings is 1. The molecular formula is C12H17NO5S. The largest absolute Gasteiger partial charge is 0.478 e. The van der Waals surface area contributed by atoms with Crippen LogP contribution in [0.4, 0.5) is 0 Å². The van der Waals surface area contributed by atoms with Crippen LogP contribution in [0.15, 0.2) is 24.3 Å². The Morgan fingerprint density at radius 1 is 1.47 bits per heavy atom. The minimum absolute atomic E-state index is 0.0673. The summed E-state index contributed by atoms with van der Waals surface area (Å²) in [5.74, 6) is -1.35. The molecule has 6 nitrogen and oxygen atoms in total. The zero-order chi connectivity index (χ0) is 14.5. The fourth-order valence-corrected chi connectivity index (χ4v) is 3.03. The van der Waals surface area contributed by atoms with Crippen LogP contribution < -0.4 is 4.72 Å². The highest BCUT2D eigenvalue weighted by molar-refractivity contribution is 7.88. The van der Waals surface area contributed by atoms with E-state index in [2.05, 4.69) is 4.72 Å². The number of ether oxygens (including phenoxy) is 1. The average molecular weight is 287 g/mol. The summed E-state index contributed by atoms with van der Waals surface area (Å²) in [5, 5.41) is 8.84. The number of rotatable bonds is 7. The van der Waals surface area contributed by atoms with Gasteiger partial charge in [0.2, 0.25) is 10.0 Å². The number of carboxylic acid groups (broad SMARTS) is 1. The first-order chi connectivity index (χ1) is 8.84. The van der Waals surface area contributed by atoms with E-state index < -0.39 is 16.0 Å². The summed E-state index contributed by atoms with van der Waals surface area (Å²) in [6.45, 7) is 1.96. The lowest BCUT2D eigenvalue weighted by Crippen LogP contribution is -2.36. The van der Waals surface area contributed by atoms with Crippen molar-refractivity contribution < 1.29 is 23.1 Å². The van der Waals surface area contributed by atoms with E-state index >= 15 is 0 Å². The van der Waals surface area contributed by atoms with Gasteiger partial charge in [-0.25, -0.2) is 17.9 Å². The molecule has 1 rings (SSSR count). The smallest absolute Gasteiger partial charge is 0.335 e. The maximum absolute atomic E-state index is 11.9. The van der Waals surface area contributed by atoms with E-state index in [4.69, 9.17) is 9.84 Å². The van der Waals surface area contributed by atoms with Gasteiger partial charge in [-0.2, -0.15) is 0 Å². The highest BCUT2D eigenvalue weighted by Gasteiger charge is 2.16. The molecule has 1 aromatic carbocycles. The van der Waals surface area contributed by atoms with Crippen LogP contribution in [0, 0.1) is 0 Å². The molecule has 7 heteroatoms. The number of hydrogen-bond acceptors (Lipinski definition) is 4. The second-order valence-corrected chi connectivity index (χ2v) is 5.99. The quantitative estimate of drug-likeness (QED) is 0.775. The number of carbonyl (C=O) groups is 1. The first-order valence-electron chi connectivity index (χ1n) is 5.65. The molecule has 0 spiro atoms. The standard InChI is InChI=1S/C12H17NO5S/c1-9(7-18-2)13-19(16,17)8-10-4-3-5-11(6-10)12(14)15/h3-6,9,13H,7-8H2,1-2H3,(H,14,15). The van der Waals surface area contributed by atoms with Crippen LogP contribution in [0.2, 0.25) is 0 Å². The van der Waals surface area contributed by atoms with Crippen molar-refractivity contribution in [2.45, 2.75) is 18.7 Å². The molecule has 1 unspecified atom stereocenters. The van der Waals surface area contributed by atoms with Crippen molar-refractivity contribution in [2.75, 3.05) is 13.7 Å². The predicted octanol–water partition coefficient (Wildman–Crippen LogP) is 0.839. The van der Waals surface area contributed by atoms with Crippen molar-refractivity contribution in [2.24, 2.45) is 0 Å². The Morgan fingerprint density at radius 2 is 2.16 bits per heavy atom. The molecular weight excluding hydrogens is 270 g/mol. The molecule has 2 N–H and O–H groups in total. The predicted molar refractivity (Wildman–Crippen MR) is 70.5 cm³/mol. The van der Waals surface area contributed by atoms with Gasteiger partial charge in [-0.1, -0.05) is 12.1 Å². The molecule has 0 amide bonds. The van der Waals surface area contributed by atoms with E-state index in [-0.39, 0.29) is 24.0 Å². The third-order valence-electron chi connectivity index (χ3n) is 2.33. The van der Waals surface area contributed by atoms with Gasteiger partial charge in [0.25, 0.3) is 0 Å². The second kappa shape index (κ2) is 6.65. The molecule has 0 aliphatic carbocycles. The van der Waals surface area contributed by atoms with Crippen LogP contribution in [0.3, 0.4) is 0 Å². The Morgan fingerprint density at radius 3 is 2.74 bits per heavy atom. The zero-order valence-corrected chi connectivity index (χ0v) is 11.6. The average Bonchev–Trinajstić information content (AvgIpc) is 2.27. The number of methoxy groups -OCH3 is 1. The van der Waals surface area contributed by atoms with Gasteiger partial charge in [-0.15, -0.1) is 0 Å². The number of nitrogens with one attached hydrogen (secondary N) is 1. The van der Waals surface area contributed by atoms with Gasteiger partial charge in [-0.05, 0) is 24.6 Å². The van der Waals surface area contributed by atoms with Crippen LogP contribution in [-0.2, 0) is 20.5 Å². The maximum atomic E-state index is 11.9. The Bertz CT molecular complexity index is 541. The van der Waals surface area contributed by atoms with E-state index in [0.717, 1.165) is 0 Å². The van der Waals surface area contributed by atoms with E-state index in [0.29, 0.717) is 5.56 Å². The highest BCUT2D eigenvalue weighted by atomic mass is 32.2. The fourth-order valence-electron chi connectivity index (χ4n) is 1.65. The fraction of sp³-hybridized carbons (Fsp3) is 0.417. The Kier molecular flexibility index (Phi) is 5.46. The molecule has 0 bridgehead atoms. The van der Waals surface area contributed by atoms with Crippen molar-refractivity contribution in [3.05, 3.63) is 35.4 Å². The van der Waals surface area contributed by atoms with Gasteiger partial charge >= 0.3 is 5.97 Å². The van der Waals surface area contributed by atoms with E-state index in [9.17, 15) is 13.2 Å². The third kappa shape index (κ3) is 5.37. The minimum atomic E-state index is -3.52. The lowest BCUT2D eigenvalue weighted by atomic mass is 10.1. The molecule has 0 aromatic heterocycles. The lowest BCUT2D eigenvalue weighted by Gasteiger charge is -2.13. The van der Waals surface area contributed by atoms with Crippen molar-refractivity contribution in [3.8, 4) is 0 Å². The first kappa shape index (κ1) is 15.6. The Labute approximate surface area is 112 Å². The summed E-state index contributed by atoms with van der Waals surface area (Å²) in [6, 6.07) is 5.53. The Hall–Kier alpha value is -1.44. The molecule has 19 heavy (non-hydrogen) atoms. The first-order valence-corrected chi connectivity index (χ1v) is 7.30. The van der Waals surface area contributed by atoms with Crippen molar-refractivity contribution >= 4 is 16.0 Å². The summed E-state index contributed by atoms with van der Waals surface area (Å²) in [4.78, 5) is 10.8. The van der Waals surface area contributed by atoms with Gasteiger partial charge < -0.3 is 9.84 Å². The second-order valence-electron chi connectivity index (χ2n) is 4.24. The molecule has 106 valence electrons. The number of aromatic carboxylic acids is 1. The third-order valence-corrected chi connectivity index (χ3v) is 3.80. The van der Waals surface area contributed by atoms with Crippen LogP contribution in [0.25, 0.3) is 0 Å². The molecule has 1 atom stereocenters. The molecule has 0 radical (unpaired) electrons. The molecule has 0 aliphatic heterocycles. The van der Waals surface area contributed by atoms with Gasteiger partial charge in [0, 0.05) is 13.2 Å². The highest BCUT2D eigenvalue weighted by Crippen LogP contribution is 2.09. The topological polar surface area (TPSA) is 92.7 Å². The number of sulfonamides is 1. The maximum Gasteiger partial charge on any atom is 0.335 e. The van der Waals surface area contributed by atoms with Crippen LogP contribution in [0.5, 0.6) is 0 Å². The summed E-state index contributed by atoms with van der Waals surface area (Å²) in [6.07, 6.45) is 0. The molecule has 0 aliphatic rings. The van der Waals surface area contributed by atoms with Gasteiger partial charge in [0.15, 0.2) is 0 Å². The van der Waals surface area contributed by atoms with Crippen molar-refractivity contribution in [1.82, 2.24) is 4.72 Å². The van der Waals surface area contributed by atoms with E-state index in [1.165, 1.54) is 25.3 Å². The monoisotopic (exact) mass is 287 g/mol. The molecule has 0 saturated heterocycles.